The standard InChI is InChI=1S/C25H41N3O5/c1-18(2)19(15-21(26)22(29)17-28-12-7-6-11-24(28)30)16-27-25(31)20-9-4-5-10-23(20)33-14-8-13-32-3/h4-5,9-10,18-19,21-22,29H,6-8,11-17,26H2,1-3H3,(H,27,31). The first-order valence-corrected chi connectivity index (χ1v) is 12.0. The van der Waals surface area contributed by atoms with Gasteiger partial charge < -0.3 is 30.5 Å². The Balaban J connectivity index is 1.89. The highest BCUT2D eigenvalue weighted by atomic mass is 16.5. The van der Waals surface area contributed by atoms with E-state index in [9.17, 15) is 14.7 Å². The molecule has 0 spiro atoms. The van der Waals surface area contributed by atoms with Gasteiger partial charge in [0.1, 0.15) is 5.75 Å². The normalized spacial score (nSPS) is 17.0. The third-order valence-electron chi connectivity index (χ3n) is 6.25. The minimum Gasteiger partial charge on any atom is -0.493 e. The molecule has 1 heterocycles. The number of nitrogens with zero attached hydrogens (tertiary/aromatic N) is 1. The van der Waals surface area contributed by atoms with E-state index in [2.05, 4.69) is 19.2 Å². The Morgan fingerprint density at radius 2 is 2.00 bits per heavy atom. The number of β-amino-alcohol motifs (C(OH)–C–C–N with tert-alkyl or cyclic N) is 1. The third kappa shape index (κ3) is 8.95. The number of carbonyl (C=O) groups is 2. The molecule has 4 N–H and O–H groups in total. The Hall–Kier alpha value is -2.16. The summed E-state index contributed by atoms with van der Waals surface area (Å²) in [5.41, 5.74) is 6.80. The van der Waals surface area contributed by atoms with Crippen molar-refractivity contribution in [3.63, 3.8) is 0 Å². The zero-order valence-corrected chi connectivity index (χ0v) is 20.3. The summed E-state index contributed by atoms with van der Waals surface area (Å²) in [5, 5.41) is 13.6. The molecule has 2 rings (SSSR count). The monoisotopic (exact) mass is 463 g/mol. The quantitative estimate of drug-likeness (QED) is 0.365. The third-order valence-corrected chi connectivity index (χ3v) is 6.25. The Labute approximate surface area is 197 Å². The zero-order chi connectivity index (χ0) is 24.2. The number of benzene rings is 1. The first-order valence-electron chi connectivity index (χ1n) is 12.0. The Morgan fingerprint density at radius 3 is 2.70 bits per heavy atom. The Bertz CT molecular complexity index is 743. The number of nitrogens with two attached hydrogens (primary N) is 1. The molecule has 1 saturated heterocycles. The molecule has 3 unspecified atom stereocenters. The SMILES string of the molecule is COCCCOc1ccccc1C(=O)NCC(CC(N)C(O)CN1CCCCC1=O)C(C)C. The smallest absolute Gasteiger partial charge is 0.255 e. The van der Waals surface area contributed by atoms with Gasteiger partial charge in [-0.1, -0.05) is 26.0 Å². The van der Waals surface area contributed by atoms with Gasteiger partial charge in [0, 0.05) is 52.2 Å². The summed E-state index contributed by atoms with van der Waals surface area (Å²) < 4.78 is 10.8. The fraction of sp³-hybridized carbons (Fsp3) is 0.680. The fourth-order valence-electron chi connectivity index (χ4n) is 4.00. The van der Waals surface area contributed by atoms with Crippen LogP contribution in [0.15, 0.2) is 24.3 Å². The Morgan fingerprint density at radius 1 is 1.24 bits per heavy atom. The molecule has 1 aliphatic heterocycles. The van der Waals surface area contributed by atoms with Crippen LogP contribution in [0, 0.1) is 11.8 Å². The number of ether oxygens (including phenoxy) is 2. The number of nitrogens with one attached hydrogen (secondary N) is 1. The van der Waals surface area contributed by atoms with Crippen LogP contribution in [0.1, 0.15) is 56.3 Å². The summed E-state index contributed by atoms with van der Waals surface area (Å²) in [7, 11) is 1.64. The number of hydrogen-bond acceptors (Lipinski definition) is 6. The van der Waals surface area contributed by atoms with Gasteiger partial charge in [0.2, 0.25) is 5.91 Å². The maximum atomic E-state index is 12.9. The van der Waals surface area contributed by atoms with Crippen molar-refractivity contribution in [2.75, 3.05) is 40.0 Å². The molecule has 0 bridgehead atoms. The lowest BCUT2D eigenvalue weighted by atomic mass is 9.87. The number of aliphatic hydroxyl groups is 1. The number of amides is 2. The van der Waals surface area contributed by atoms with Crippen LogP contribution < -0.4 is 15.8 Å². The number of methoxy groups -OCH3 is 1. The van der Waals surface area contributed by atoms with Gasteiger partial charge in [0.15, 0.2) is 0 Å². The number of para-hydroxylation sites is 1. The number of carbonyl (C=O) groups excluding carboxylic acids is 2. The van der Waals surface area contributed by atoms with E-state index in [1.165, 1.54) is 0 Å². The van der Waals surface area contributed by atoms with Gasteiger partial charge in [-0.25, -0.2) is 0 Å². The number of hydrogen-bond donors (Lipinski definition) is 3. The first-order chi connectivity index (χ1) is 15.8. The molecular formula is C25H41N3O5. The number of aliphatic hydroxyl groups excluding tert-OH is 1. The van der Waals surface area contributed by atoms with Crippen molar-refractivity contribution < 1.29 is 24.2 Å². The van der Waals surface area contributed by atoms with E-state index in [0.717, 1.165) is 19.3 Å². The molecule has 0 aliphatic carbocycles. The molecule has 8 heteroatoms. The van der Waals surface area contributed by atoms with Crippen molar-refractivity contribution in [1.29, 1.82) is 0 Å². The van der Waals surface area contributed by atoms with Gasteiger partial charge in [0.25, 0.3) is 5.91 Å². The maximum Gasteiger partial charge on any atom is 0.255 e. The second-order valence-electron chi connectivity index (χ2n) is 9.17. The molecule has 0 aromatic heterocycles. The van der Waals surface area contributed by atoms with E-state index < -0.39 is 12.1 Å². The minimum absolute atomic E-state index is 0.0864. The van der Waals surface area contributed by atoms with Gasteiger partial charge in [-0.05, 0) is 43.2 Å². The lowest BCUT2D eigenvalue weighted by Gasteiger charge is -2.32. The average molecular weight is 464 g/mol. The zero-order valence-electron chi connectivity index (χ0n) is 20.3. The van der Waals surface area contributed by atoms with Crippen molar-refractivity contribution in [2.24, 2.45) is 17.6 Å². The van der Waals surface area contributed by atoms with Crippen molar-refractivity contribution >= 4 is 11.8 Å². The maximum absolute atomic E-state index is 12.9. The van der Waals surface area contributed by atoms with Crippen molar-refractivity contribution in [3.8, 4) is 5.75 Å². The summed E-state index contributed by atoms with van der Waals surface area (Å²) in [5.74, 6) is 0.788. The van der Waals surface area contributed by atoms with E-state index in [4.69, 9.17) is 15.2 Å². The topological polar surface area (TPSA) is 114 Å². The second-order valence-corrected chi connectivity index (χ2v) is 9.17. The van der Waals surface area contributed by atoms with Crippen molar-refractivity contribution in [1.82, 2.24) is 10.2 Å². The lowest BCUT2D eigenvalue weighted by Crippen LogP contribution is -2.48. The van der Waals surface area contributed by atoms with Crippen molar-refractivity contribution in [2.45, 2.75) is 58.1 Å². The molecule has 1 aromatic rings. The molecule has 3 atom stereocenters. The highest BCUT2D eigenvalue weighted by Crippen LogP contribution is 2.21. The second kappa shape index (κ2) is 14.2. The van der Waals surface area contributed by atoms with Crippen LogP contribution in [0.3, 0.4) is 0 Å². The van der Waals surface area contributed by atoms with Crippen LogP contribution in [-0.4, -0.2) is 73.9 Å². The number of rotatable bonds is 14. The van der Waals surface area contributed by atoms with Crippen LogP contribution in [0.2, 0.25) is 0 Å². The highest BCUT2D eigenvalue weighted by Gasteiger charge is 2.27. The van der Waals surface area contributed by atoms with Crippen LogP contribution >= 0.6 is 0 Å². The molecule has 1 aliphatic rings. The van der Waals surface area contributed by atoms with Gasteiger partial charge in [-0.15, -0.1) is 0 Å². The van der Waals surface area contributed by atoms with E-state index in [1.807, 2.05) is 12.1 Å². The molecule has 1 fully saturated rings. The molecule has 0 radical (unpaired) electrons. The summed E-state index contributed by atoms with van der Waals surface area (Å²) in [6.07, 6.45) is 2.92. The van der Waals surface area contributed by atoms with E-state index in [1.54, 1.807) is 24.1 Å². The average Bonchev–Trinajstić information content (AvgIpc) is 2.80. The Kier molecular flexibility index (Phi) is 11.6. The number of likely N-dealkylation sites (tertiary alicyclic amines) is 1. The van der Waals surface area contributed by atoms with Gasteiger partial charge in [-0.2, -0.15) is 0 Å². The predicted molar refractivity (Wildman–Crippen MR) is 128 cm³/mol. The minimum atomic E-state index is -0.787. The van der Waals surface area contributed by atoms with Gasteiger partial charge in [0.05, 0.1) is 18.3 Å². The van der Waals surface area contributed by atoms with Crippen LogP contribution in [0.5, 0.6) is 5.75 Å². The summed E-state index contributed by atoms with van der Waals surface area (Å²) in [6.45, 7) is 6.62. The summed E-state index contributed by atoms with van der Waals surface area (Å²) in [4.78, 5) is 26.6. The molecule has 1 aromatic carbocycles. The van der Waals surface area contributed by atoms with Crippen LogP contribution in [0.25, 0.3) is 0 Å². The largest absolute Gasteiger partial charge is 0.493 e. The molecule has 8 nitrogen and oxygen atoms in total. The predicted octanol–water partition coefficient (Wildman–Crippen LogP) is 2.19. The lowest BCUT2D eigenvalue weighted by molar-refractivity contribution is -0.135. The molecule has 2 amide bonds. The molecule has 0 saturated carbocycles. The van der Waals surface area contributed by atoms with E-state index in [-0.39, 0.29) is 30.2 Å². The summed E-state index contributed by atoms with van der Waals surface area (Å²) in [6, 6.07) is 6.71. The van der Waals surface area contributed by atoms with E-state index in [0.29, 0.717) is 50.5 Å². The number of piperidine rings is 1. The highest BCUT2D eigenvalue weighted by molar-refractivity contribution is 5.96. The van der Waals surface area contributed by atoms with Crippen LogP contribution in [-0.2, 0) is 9.53 Å². The molecular weight excluding hydrogens is 422 g/mol. The van der Waals surface area contributed by atoms with Gasteiger partial charge in [-0.3, -0.25) is 9.59 Å². The fourth-order valence-corrected chi connectivity index (χ4v) is 4.00. The van der Waals surface area contributed by atoms with Crippen LogP contribution in [0.4, 0.5) is 0 Å². The first kappa shape index (κ1) is 27.1. The molecule has 33 heavy (non-hydrogen) atoms. The molecule has 186 valence electrons. The van der Waals surface area contributed by atoms with E-state index >= 15 is 0 Å². The van der Waals surface area contributed by atoms with Gasteiger partial charge >= 0.3 is 0 Å². The van der Waals surface area contributed by atoms with Crippen molar-refractivity contribution in [3.05, 3.63) is 29.8 Å². The summed E-state index contributed by atoms with van der Waals surface area (Å²) >= 11 is 0.